The van der Waals surface area contributed by atoms with Gasteiger partial charge in [-0.2, -0.15) is 0 Å². The lowest BCUT2D eigenvalue weighted by molar-refractivity contribution is 0.0121. The quantitative estimate of drug-likeness (QED) is 0.240. The molecule has 2 atom stereocenters. The van der Waals surface area contributed by atoms with Crippen molar-refractivity contribution in [2.75, 3.05) is 24.7 Å². The summed E-state index contributed by atoms with van der Waals surface area (Å²) in [4.78, 5) is 0. The fourth-order valence-corrected chi connectivity index (χ4v) is 9.10. The van der Waals surface area contributed by atoms with E-state index in [0.29, 0.717) is 32.8 Å². The number of thioether (sulfide) groups is 2. The molecule has 0 amide bonds. The number of rotatable bonds is 14. The standard InChI is InChI=1S/C30H46O4S2Si/c1-29(2,3)37(4,5)34-28(24-33-22-26-15-10-7-11-16-26)20-30(35-17-12-18-36-30)19-27(31)23-32-21-25-13-8-6-9-14-25/h6-11,13-16,27-28,31H,12,17-24H2,1-5H3/t27-,28-/m0/s1. The Bertz CT molecular complexity index is 899. The fraction of sp³-hybridized carbons (Fsp3) is 0.600. The zero-order chi connectivity index (χ0) is 26.8. The first kappa shape index (κ1) is 30.7. The number of benzene rings is 2. The summed E-state index contributed by atoms with van der Waals surface area (Å²) in [6.07, 6.45) is 2.23. The molecule has 2 aromatic rings. The Kier molecular flexibility index (Phi) is 12.1. The molecule has 0 aromatic heterocycles. The van der Waals surface area contributed by atoms with Gasteiger partial charge in [-0.3, -0.25) is 0 Å². The lowest BCUT2D eigenvalue weighted by Gasteiger charge is -2.44. The lowest BCUT2D eigenvalue weighted by atomic mass is 10.1. The molecule has 0 aliphatic carbocycles. The van der Waals surface area contributed by atoms with Gasteiger partial charge in [0.25, 0.3) is 0 Å². The van der Waals surface area contributed by atoms with E-state index in [1.165, 1.54) is 12.0 Å². The molecule has 0 radical (unpaired) electrons. The van der Waals surface area contributed by atoms with Crippen LogP contribution in [0.1, 0.15) is 51.2 Å². The number of hydrogen-bond acceptors (Lipinski definition) is 6. The molecule has 0 bridgehead atoms. The molecule has 3 rings (SSSR count). The Balaban J connectivity index is 1.65. The summed E-state index contributed by atoms with van der Waals surface area (Å²) < 4.78 is 19.0. The van der Waals surface area contributed by atoms with Gasteiger partial charge in [0.05, 0.1) is 42.7 Å². The summed E-state index contributed by atoms with van der Waals surface area (Å²) in [6, 6.07) is 20.5. The maximum absolute atomic E-state index is 11.0. The highest BCUT2D eigenvalue weighted by atomic mass is 32.2. The molecule has 37 heavy (non-hydrogen) atoms. The molecule has 206 valence electrons. The molecule has 1 heterocycles. The van der Waals surface area contributed by atoms with Crippen LogP contribution in [0.5, 0.6) is 0 Å². The monoisotopic (exact) mass is 562 g/mol. The zero-order valence-electron chi connectivity index (χ0n) is 23.3. The number of aliphatic hydroxyl groups is 1. The highest BCUT2D eigenvalue weighted by Gasteiger charge is 2.43. The summed E-state index contributed by atoms with van der Waals surface area (Å²) in [5.74, 6) is 2.23. The van der Waals surface area contributed by atoms with Crippen LogP contribution in [0.15, 0.2) is 60.7 Å². The van der Waals surface area contributed by atoms with E-state index in [1.807, 2.05) is 59.9 Å². The Labute approximate surface area is 234 Å². The highest BCUT2D eigenvalue weighted by Crippen LogP contribution is 2.50. The van der Waals surface area contributed by atoms with E-state index in [-0.39, 0.29) is 15.2 Å². The Morgan fingerprint density at radius 1 is 0.838 bits per heavy atom. The summed E-state index contributed by atoms with van der Waals surface area (Å²) in [5, 5.41) is 11.1. The minimum absolute atomic E-state index is 0.0138. The van der Waals surface area contributed by atoms with Crippen molar-refractivity contribution in [2.45, 2.75) is 87.7 Å². The van der Waals surface area contributed by atoms with Crippen LogP contribution >= 0.6 is 23.5 Å². The largest absolute Gasteiger partial charge is 0.412 e. The van der Waals surface area contributed by atoms with Crippen molar-refractivity contribution in [3.8, 4) is 0 Å². The van der Waals surface area contributed by atoms with E-state index in [2.05, 4.69) is 58.1 Å². The Morgan fingerprint density at radius 3 is 1.86 bits per heavy atom. The van der Waals surface area contributed by atoms with Gasteiger partial charge in [-0.15, -0.1) is 23.5 Å². The number of ether oxygens (including phenoxy) is 2. The van der Waals surface area contributed by atoms with E-state index in [9.17, 15) is 5.11 Å². The second-order valence-electron chi connectivity index (χ2n) is 11.5. The van der Waals surface area contributed by atoms with Crippen molar-refractivity contribution in [2.24, 2.45) is 0 Å². The minimum Gasteiger partial charge on any atom is -0.412 e. The average molecular weight is 563 g/mol. The molecular formula is C30H46O4S2Si. The molecular weight excluding hydrogens is 517 g/mol. The first-order chi connectivity index (χ1) is 17.6. The molecule has 1 fully saturated rings. The van der Waals surface area contributed by atoms with Gasteiger partial charge in [-0.1, -0.05) is 81.4 Å². The Morgan fingerprint density at radius 2 is 1.35 bits per heavy atom. The first-order valence-electron chi connectivity index (χ1n) is 13.5. The van der Waals surface area contributed by atoms with E-state index in [0.717, 1.165) is 23.5 Å². The summed E-state index contributed by atoms with van der Waals surface area (Å²) >= 11 is 3.98. The summed E-state index contributed by atoms with van der Waals surface area (Å²) in [7, 11) is -2.00. The van der Waals surface area contributed by atoms with Crippen LogP contribution in [0.2, 0.25) is 18.1 Å². The molecule has 1 aliphatic heterocycles. The van der Waals surface area contributed by atoms with Gasteiger partial charge >= 0.3 is 0 Å². The van der Waals surface area contributed by atoms with E-state index < -0.39 is 14.4 Å². The van der Waals surface area contributed by atoms with Crippen LogP contribution in [0.4, 0.5) is 0 Å². The molecule has 2 aromatic carbocycles. The molecule has 0 unspecified atom stereocenters. The van der Waals surface area contributed by atoms with Crippen LogP contribution in [-0.4, -0.2) is 54.4 Å². The van der Waals surface area contributed by atoms with Crippen LogP contribution in [0, 0.1) is 0 Å². The lowest BCUT2D eigenvalue weighted by Crippen LogP contribution is -2.47. The zero-order valence-corrected chi connectivity index (χ0v) is 25.9. The van der Waals surface area contributed by atoms with Crippen molar-refractivity contribution >= 4 is 31.8 Å². The predicted molar refractivity (Wildman–Crippen MR) is 162 cm³/mol. The van der Waals surface area contributed by atoms with Gasteiger partial charge in [-0.25, -0.2) is 0 Å². The van der Waals surface area contributed by atoms with Crippen LogP contribution < -0.4 is 0 Å². The SMILES string of the molecule is CC(C)(C)[Si](C)(C)O[C@H](COCc1ccccc1)CC1(C[C@H](O)COCc2ccccc2)SCCCS1. The highest BCUT2D eigenvalue weighted by molar-refractivity contribution is 8.18. The average Bonchev–Trinajstić information content (AvgIpc) is 2.85. The van der Waals surface area contributed by atoms with Crippen molar-refractivity contribution in [1.82, 2.24) is 0 Å². The van der Waals surface area contributed by atoms with Gasteiger partial charge in [-0.05, 0) is 60.0 Å². The van der Waals surface area contributed by atoms with E-state index in [1.54, 1.807) is 0 Å². The normalized spacial score (nSPS) is 17.9. The van der Waals surface area contributed by atoms with Crippen LogP contribution in [0.25, 0.3) is 0 Å². The maximum atomic E-state index is 11.0. The van der Waals surface area contributed by atoms with Crippen LogP contribution in [-0.2, 0) is 27.1 Å². The van der Waals surface area contributed by atoms with Crippen molar-refractivity contribution in [3.05, 3.63) is 71.8 Å². The molecule has 1 aliphatic rings. The second kappa shape index (κ2) is 14.5. The van der Waals surface area contributed by atoms with Gasteiger partial charge in [0.15, 0.2) is 8.32 Å². The smallest absolute Gasteiger partial charge is 0.192 e. The summed E-state index contributed by atoms with van der Waals surface area (Å²) in [5.41, 5.74) is 2.31. The van der Waals surface area contributed by atoms with Gasteiger partial charge in [0.2, 0.25) is 0 Å². The van der Waals surface area contributed by atoms with Crippen molar-refractivity contribution in [3.63, 3.8) is 0 Å². The first-order valence-corrected chi connectivity index (χ1v) is 18.3. The van der Waals surface area contributed by atoms with Gasteiger partial charge < -0.3 is 19.0 Å². The maximum Gasteiger partial charge on any atom is 0.192 e. The van der Waals surface area contributed by atoms with Crippen LogP contribution in [0.3, 0.4) is 0 Å². The molecule has 4 nitrogen and oxygen atoms in total. The molecule has 0 spiro atoms. The van der Waals surface area contributed by atoms with E-state index >= 15 is 0 Å². The summed E-state index contributed by atoms with van der Waals surface area (Å²) in [6.45, 7) is 13.5. The number of hydrogen-bond donors (Lipinski definition) is 1. The minimum atomic E-state index is -2.00. The third-order valence-corrected chi connectivity index (χ3v) is 15.2. The molecule has 1 N–H and O–H groups in total. The van der Waals surface area contributed by atoms with E-state index in [4.69, 9.17) is 13.9 Å². The fourth-order valence-electron chi connectivity index (χ4n) is 4.20. The predicted octanol–water partition coefficient (Wildman–Crippen LogP) is 7.52. The molecule has 1 saturated heterocycles. The third-order valence-electron chi connectivity index (χ3n) is 7.21. The Hall–Kier alpha value is -0.803. The third kappa shape index (κ3) is 10.4. The second-order valence-corrected chi connectivity index (χ2v) is 19.5. The topological polar surface area (TPSA) is 47.9 Å². The number of aliphatic hydroxyl groups excluding tert-OH is 1. The van der Waals surface area contributed by atoms with Crippen molar-refractivity contribution < 1.29 is 19.0 Å². The van der Waals surface area contributed by atoms with Gasteiger partial charge in [0, 0.05) is 0 Å². The van der Waals surface area contributed by atoms with Gasteiger partial charge in [0.1, 0.15) is 0 Å². The molecule has 0 saturated carbocycles. The molecule has 7 heteroatoms. The van der Waals surface area contributed by atoms with Crippen molar-refractivity contribution in [1.29, 1.82) is 0 Å².